The second-order valence-electron chi connectivity index (χ2n) is 4.69. The van der Waals surface area contributed by atoms with Crippen molar-refractivity contribution < 1.29 is 22.8 Å². The molecule has 0 spiro atoms. The van der Waals surface area contributed by atoms with Crippen LogP contribution in [0.5, 0.6) is 0 Å². The molecule has 1 saturated heterocycles. The molecule has 2 rings (SSSR count). The zero-order valence-electron chi connectivity index (χ0n) is 11.1. The first-order valence-electron chi connectivity index (χ1n) is 6.06. The van der Waals surface area contributed by atoms with Gasteiger partial charge in [0.2, 0.25) is 10.0 Å². The van der Waals surface area contributed by atoms with Crippen molar-refractivity contribution in [2.45, 2.75) is 17.0 Å². The van der Waals surface area contributed by atoms with Crippen LogP contribution >= 0.6 is 0 Å². The number of nitro groups is 1. The first-order valence-corrected chi connectivity index (χ1v) is 7.50. The van der Waals surface area contributed by atoms with Gasteiger partial charge in [0, 0.05) is 32.3 Å². The van der Waals surface area contributed by atoms with Gasteiger partial charge in [-0.2, -0.15) is 4.31 Å². The normalized spacial score (nSPS) is 22.7. The van der Waals surface area contributed by atoms with Crippen molar-refractivity contribution >= 4 is 15.7 Å². The lowest BCUT2D eigenvalue weighted by Gasteiger charge is -2.25. The Hall–Kier alpha value is -1.62. The molecule has 10 heteroatoms. The third-order valence-electron chi connectivity index (χ3n) is 3.40. The van der Waals surface area contributed by atoms with Gasteiger partial charge in [-0.3, -0.25) is 10.1 Å². The Morgan fingerprint density at radius 3 is 2.67 bits per heavy atom. The molecule has 2 N–H and O–H groups in total. The third-order valence-corrected chi connectivity index (χ3v) is 5.30. The zero-order chi connectivity index (χ0) is 15.8. The Kier molecular flexibility index (Phi) is 4.23. The van der Waals surface area contributed by atoms with Gasteiger partial charge in [-0.05, 0) is 6.07 Å². The molecule has 0 saturated carbocycles. The van der Waals surface area contributed by atoms with Crippen LogP contribution in [0.4, 0.5) is 10.1 Å². The number of aliphatic hydroxyl groups is 1. The maximum absolute atomic E-state index is 13.8. The maximum Gasteiger partial charge on any atom is 0.270 e. The van der Waals surface area contributed by atoms with Gasteiger partial charge >= 0.3 is 0 Å². The Balaban J connectivity index is 2.43. The Morgan fingerprint density at radius 2 is 2.14 bits per heavy atom. The van der Waals surface area contributed by atoms with E-state index in [4.69, 9.17) is 0 Å². The van der Waals surface area contributed by atoms with Gasteiger partial charge in [0.15, 0.2) is 0 Å². The van der Waals surface area contributed by atoms with Crippen LogP contribution in [0.15, 0.2) is 23.1 Å². The summed E-state index contributed by atoms with van der Waals surface area (Å²) in [7, 11) is -3.09. The lowest BCUT2D eigenvalue weighted by molar-refractivity contribution is -0.385. The van der Waals surface area contributed by atoms with Crippen LogP contribution in [0, 0.1) is 15.9 Å². The summed E-state index contributed by atoms with van der Waals surface area (Å²) in [6.45, 7) is 0.440. The molecule has 2 atom stereocenters. The predicted molar refractivity (Wildman–Crippen MR) is 70.7 cm³/mol. The zero-order valence-corrected chi connectivity index (χ0v) is 11.9. The Labute approximate surface area is 120 Å². The third kappa shape index (κ3) is 2.88. The van der Waals surface area contributed by atoms with E-state index in [1.165, 1.54) is 7.05 Å². The van der Waals surface area contributed by atoms with Crippen LogP contribution in [0.1, 0.15) is 0 Å². The van der Waals surface area contributed by atoms with Crippen molar-refractivity contribution in [3.63, 3.8) is 0 Å². The van der Waals surface area contributed by atoms with Gasteiger partial charge in [-0.1, -0.05) is 0 Å². The summed E-state index contributed by atoms with van der Waals surface area (Å²) in [6, 6.07) is 1.55. The quantitative estimate of drug-likeness (QED) is 0.581. The predicted octanol–water partition coefficient (Wildman–Crippen LogP) is -0.313. The first kappa shape index (κ1) is 15.8. The minimum Gasteiger partial charge on any atom is -0.390 e. The molecule has 1 aromatic rings. The number of likely N-dealkylation sites (N-methyl/N-ethyl adjacent to an activating group) is 1. The highest BCUT2D eigenvalue weighted by atomic mass is 32.2. The van der Waals surface area contributed by atoms with Gasteiger partial charge in [0.05, 0.1) is 17.1 Å². The van der Waals surface area contributed by atoms with Crippen molar-refractivity contribution in [1.29, 1.82) is 0 Å². The summed E-state index contributed by atoms with van der Waals surface area (Å²) in [5.41, 5.74) is -0.520. The van der Waals surface area contributed by atoms with Gasteiger partial charge in [0.25, 0.3) is 5.69 Å². The van der Waals surface area contributed by atoms with E-state index in [1.807, 2.05) is 0 Å². The van der Waals surface area contributed by atoms with E-state index < -0.39 is 43.5 Å². The molecule has 0 unspecified atom stereocenters. The molecular formula is C11H14FN3O5S. The topological polar surface area (TPSA) is 113 Å². The maximum atomic E-state index is 13.8. The van der Waals surface area contributed by atoms with E-state index in [1.54, 1.807) is 0 Å². The molecule has 116 valence electrons. The number of benzene rings is 1. The summed E-state index contributed by atoms with van der Waals surface area (Å²) in [5, 5.41) is 23.2. The van der Waals surface area contributed by atoms with Crippen LogP contribution in [-0.4, -0.2) is 55.0 Å². The van der Waals surface area contributed by atoms with E-state index in [-0.39, 0.29) is 13.1 Å². The van der Waals surface area contributed by atoms with Crippen molar-refractivity contribution in [3.05, 3.63) is 34.1 Å². The molecule has 1 heterocycles. The van der Waals surface area contributed by atoms with Crippen molar-refractivity contribution in [3.8, 4) is 0 Å². The molecular weight excluding hydrogens is 305 g/mol. The summed E-state index contributed by atoms with van der Waals surface area (Å²) in [4.78, 5) is 9.11. The highest BCUT2D eigenvalue weighted by Gasteiger charge is 2.37. The number of nitrogens with zero attached hydrogens (tertiary/aromatic N) is 2. The van der Waals surface area contributed by atoms with Crippen LogP contribution in [-0.2, 0) is 10.0 Å². The largest absolute Gasteiger partial charge is 0.390 e. The standard InChI is InChI=1S/C11H14FN3O5S/c1-14(9-5-13-6-10(9)16)21(19,20)11-4-7(15(17)18)2-3-8(11)12/h2-4,9-10,13,16H,5-6H2,1H3/t9-,10-/m0/s1. The Bertz CT molecular complexity index is 666. The average molecular weight is 319 g/mol. The average Bonchev–Trinajstić information content (AvgIpc) is 2.83. The summed E-state index contributed by atoms with van der Waals surface area (Å²) in [5.74, 6) is -1.08. The molecule has 0 radical (unpaired) electrons. The summed E-state index contributed by atoms with van der Waals surface area (Å²) >= 11 is 0. The molecule has 8 nitrogen and oxygen atoms in total. The van der Waals surface area contributed by atoms with Crippen LogP contribution in [0.25, 0.3) is 0 Å². The summed E-state index contributed by atoms with van der Waals surface area (Å²) < 4.78 is 39.4. The van der Waals surface area contributed by atoms with Crippen molar-refractivity contribution in [2.24, 2.45) is 0 Å². The molecule has 0 aliphatic carbocycles. The number of halogens is 1. The van der Waals surface area contributed by atoms with Crippen LogP contribution in [0.2, 0.25) is 0 Å². The fourth-order valence-electron chi connectivity index (χ4n) is 2.16. The molecule has 1 aliphatic rings. The van der Waals surface area contributed by atoms with Crippen LogP contribution in [0.3, 0.4) is 0 Å². The molecule has 1 aromatic carbocycles. The minimum atomic E-state index is -4.29. The smallest absolute Gasteiger partial charge is 0.270 e. The van der Waals surface area contributed by atoms with Gasteiger partial charge < -0.3 is 10.4 Å². The minimum absolute atomic E-state index is 0.216. The number of sulfonamides is 1. The number of non-ortho nitro benzene ring substituents is 1. The highest BCUT2D eigenvalue weighted by molar-refractivity contribution is 7.89. The number of nitro benzene ring substituents is 1. The molecule has 21 heavy (non-hydrogen) atoms. The monoisotopic (exact) mass is 319 g/mol. The molecule has 1 fully saturated rings. The molecule has 0 amide bonds. The van der Waals surface area contributed by atoms with Crippen LogP contribution < -0.4 is 5.32 Å². The first-order chi connectivity index (χ1) is 9.75. The van der Waals surface area contributed by atoms with E-state index in [2.05, 4.69) is 5.32 Å². The number of hydrogen-bond acceptors (Lipinski definition) is 6. The number of rotatable bonds is 4. The van der Waals surface area contributed by atoms with Gasteiger partial charge in [-0.15, -0.1) is 0 Å². The number of aliphatic hydroxyl groups excluding tert-OH is 1. The second-order valence-corrected chi connectivity index (χ2v) is 6.65. The number of hydrogen-bond donors (Lipinski definition) is 2. The second kappa shape index (κ2) is 5.64. The molecule has 1 aliphatic heterocycles. The lowest BCUT2D eigenvalue weighted by Crippen LogP contribution is -2.44. The van der Waals surface area contributed by atoms with E-state index >= 15 is 0 Å². The van der Waals surface area contributed by atoms with E-state index in [0.717, 1.165) is 16.4 Å². The van der Waals surface area contributed by atoms with Gasteiger partial charge in [0.1, 0.15) is 10.7 Å². The van der Waals surface area contributed by atoms with Crippen molar-refractivity contribution in [1.82, 2.24) is 9.62 Å². The summed E-state index contributed by atoms with van der Waals surface area (Å²) in [6.07, 6.45) is -0.925. The molecule has 0 bridgehead atoms. The fourth-order valence-corrected chi connectivity index (χ4v) is 3.62. The molecule has 0 aromatic heterocycles. The number of β-amino-alcohol motifs (C(OH)–C–C–N with tert-alkyl or cyclic N) is 1. The lowest BCUT2D eigenvalue weighted by atomic mass is 10.2. The van der Waals surface area contributed by atoms with Gasteiger partial charge in [-0.25, -0.2) is 12.8 Å². The van der Waals surface area contributed by atoms with Crippen molar-refractivity contribution in [2.75, 3.05) is 20.1 Å². The highest BCUT2D eigenvalue weighted by Crippen LogP contribution is 2.25. The SMILES string of the molecule is CN([C@H]1CNC[C@@H]1O)S(=O)(=O)c1cc([N+](=O)[O-])ccc1F. The number of nitrogens with one attached hydrogen (secondary N) is 1. The van der Waals surface area contributed by atoms with E-state index in [9.17, 15) is 28.0 Å². The Morgan fingerprint density at radius 1 is 1.48 bits per heavy atom. The fraction of sp³-hybridized carbons (Fsp3) is 0.455. The van der Waals surface area contributed by atoms with E-state index in [0.29, 0.717) is 6.07 Å².